The molecule has 16 nitrogen and oxygen atoms in total. The molecule has 3 amide bonds. The molecule has 5 aromatic heterocycles. The topological polar surface area (TPSA) is 180 Å². The number of piperazine rings is 1. The molecule has 72 heavy (non-hydrogen) atoms. The number of aliphatic hydroxyl groups is 1. The second-order valence-electron chi connectivity index (χ2n) is 19.3. The van der Waals surface area contributed by atoms with Gasteiger partial charge in [0.05, 0.1) is 46.6 Å². The second-order valence-corrected chi connectivity index (χ2v) is 21.8. The number of thiophene rings is 1. The molecule has 19 heteroatoms. The van der Waals surface area contributed by atoms with Crippen LogP contribution in [0.2, 0.25) is 5.02 Å². The van der Waals surface area contributed by atoms with Crippen LogP contribution in [0.1, 0.15) is 96.2 Å². The number of thiazole rings is 1. The van der Waals surface area contributed by atoms with Gasteiger partial charge in [-0.2, -0.15) is 5.10 Å². The van der Waals surface area contributed by atoms with Gasteiger partial charge in [0.2, 0.25) is 17.7 Å². The number of hydrogen-bond acceptors (Lipinski definition) is 13. The fourth-order valence-corrected chi connectivity index (χ4v) is 12.2. The zero-order chi connectivity index (χ0) is 50.5. The lowest BCUT2D eigenvalue weighted by Crippen LogP contribution is -2.49. The summed E-state index contributed by atoms with van der Waals surface area (Å²) in [4.78, 5) is 64.8. The highest BCUT2D eigenvalue weighted by Crippen LogP contribution is 2.40. The molecular formula is C53H57ClN12O4S2. The van der Waals surface area contributed by atoms with Crippen LogP contribution in [0, 0.1) is 33.6 Å². The monoisotopic (exact) mass is 1020 g/mol. The first-order chi connectivity index (χ1) is 34.6. The van der Waals surface area contributed by atoms with Crippen LogP contribution in [0.25, 0.3) is 26.6 Å². The minimum Gasteiger partial charge on any atom is -0.391 e. The fraction of sp³-hybridized carbons (Fsp3) is 0.377. The van der Waals surface area contributed by atoms with Gasteiger partial charge >= 0.3 is 0 Å². The van der Waals surface area contributed by atoms with Crippen LogP contribution in [0.3, 0.4) is 0 Å². The highest BCUT2D eigenvalue weighted by Gasteiger charge is 2.43. The number of nitrogens with zero attached hydrogens (tertiary/aromatic N) is 11. The molecule has 2 N–H and O–H groups in total. The normalized spacial score (nSPS) is 18.7. The molecule has 372 valence electrons. The third kappa shape index (κ3) is 9.48. The Hall–Kier alpha value is -6.60. The van der Waals surface area contributed by atoms with Gasteiger partial charge in [-0.05, 0) is 81.5 Å². The fourth-order valence-electron chi connectivity index (χ4n) is 10.1. The standard InChI is InChI=1S/C53H57ClN12O4S2/c1-29(2)48(52(70)64-27-41(67)22-43(64)51(69)58-31(4)35-8-10-37(11-9-35)49-32(5)56-28-71-49)65-26-39(25-57-65)38-14-17-44(55-24-38)62-18-20-63(21-19-62)45(68)23-42-50-61-60-34(7)66(50)53-46(30(3)33(6)72-53)47(59-42)36-12-15-40(54)16-13-36/h8-17,24-26,28-29,31,41-43,48,67H,18-23,27H2,1-7H3,(H,58,69)/t31-,41+,42-,43-,48?/m0/s1. The number of amides is 3. The molecule has 3 aliphatic heterocycles. The Morgan fingerprint density at radius 3 is 2.26 bits per heavy atom. The first kappa shape index (κ1) is 49.0. The van der Waals surface area contributed by atoms with Crippen LogP contribution < -0.4 is 10.2 Å². The molecule has 0 bridgehead atoms. The molecule has 0 aliphatic carbocycles. The maximum absolute atomic E-state index is 14.4. The molecule has 0 spiro atoms. The summed E-state index contributed by atoms with van der Waals surface area (Å²) in [6, 6.07) is 17.3. The van der Waals surface area contributed by atoms with Crippen molar-refractivity contribution in [2.75, 3.05) is 37.6 Å². The van der Waals surface area contributed by atoms with E-state index in [1.807, 2.05) is 112 Å². The van der Waals surface area contributed by atoms with Crippen molar-refractivity contribution in [3.63, 3.8) is 0 Å². The molecule has 10 rings (SSSR count). The first-order valence-corrected chi connectivity index (χ1v) is 26.4. The van der Waals surface area contributed by atoms with Crippen molar-refractivity contribution in [1.82, 2.24) is 49.6 Å². The van der Waals surface area contributed by atoms with E-state index in [2.05, 4.69) is 48.9 Å². The van der Waals surface area contributed by atoms with Crippen LogP contribution in [-0.4, -0.2) is 118 Å². The van der Waals surface area contributed by atoms with E-state index in [0.29, 0.717) is 37.0 Å². The Morgan fingerprint density at radius 1 is 0.861 bits per heavy atom. The summed E-state index contributed by atoms with van der Waals surface area (Å²) in [5.74, 6) is 1.44. The summed E-state index contributed by atoms with van der Waals surface area (Å²) in [6.07, 6.45) is 4.83. The summed E-state index contributed by atoms with van der Waals surface area (Å²) >= 11 is 9.58. The number of nitrogens with one attached hydrogen (secondary N) is 1. The van der Waals surface area contributed by atoms with Crippen molar-refractivity contribution in [2.24, 2.45) is 10.9 Å². The van der Waals surface area contributed by atoms with Crippen LogP contribution in [0.4, 0.5) is 5.82 Å². The maximum atomic E-state index is 14.4. The summed E-state index contributed by atoms with van der Waals surface area (Å²) in [5, 5.41) is 29.2. The van der Waals surface area contributed by atoms with Crippen molar-refractivity contribution in [3.05, 3.63) is 134 Å². The van der Waals surface area contributed by atoms with Crippen LogP contribution in [-0.2, 0) is 14.4 Å². The zero-order valence-electron chi connectivity index (χ0n) is 41.3. The number of pyridine rings is 1. The summed E-state index contributed by atoms with van der Waals surface area (Å²) in [7, 11) is 0. The van der Waals surface area contributed by atoms with Gasteiger partial charge in [0.15, 0.2) is 5.82 Å². The van der Waals surface area contributed by atoms with Crippen LogP contribution >= 0.6 is 34.3 Å². The Morgan fingerprint density at radius 2 is 1.58 bits per heavy atom. The molecule has 3 aliphatic rings. The number of aliphatic imine (C=N–C) groups is 1. The van der Waals surface area contributed by atoms with Crippen molar-refractivity contribution >= 4 is 63.5 Å². The number of anilines is 1. The molecule has 7 aromatic rings. The van der Waals surface area contributed by atoms with Crippen LogP contribution in [0.5, 0.6) is 0 Å². The number of halogens is 1. The van der Waals surface area contributed by atoms with Gasteiger partial charge in [0.1, 0.15) is 34.8 Å². The number of β-amino-alcohol motifs (C(OH)–C–C–N with tert-alkyl or cyclic N) is 1. The molecular weight excluding hydrogens is 968 g/mol. The average molecular weight is 1030 g/mol. The van der Waals surface area contributed by atoms with Gasteiger partial charge in [0.25, 0.3) is 0 Å². The quantitative estimate of drug-likeness (QED) is 0.121. The molecule has 0 radical (unpaired) electrons. The van der Waals surface area contributed by atoms with Gasteiger partial charge in [0, 0.05) is 83.7 Å². The smallest absolute Gasteiger partial charge is 0.248 e. The Labute approximate surface area is 431 Å². The second kappa shape index (κ2) is 20.1. The number of carbonyl (C=O) groups is 3. The Balaban J connectivity index is 0.777. The minimum absolute atomic E-state index is 0.00253. The molecule has 1 unspecified atom stereocenters. The average Bonchev–Trinajstić information content (AvgIpc) is 4.22. The maximum Gasteiger partial charge on any atom is 0.248 e. The van der Waals surface area contributed by atoms with E-state index in [0.717, 1.165) is 71.9 Å². The highest BCUT2D eigenvalue weighted by atomic mass is 35.5. The molecule has 5 atom stereocenters. The number of likely N-dealkylation sites (tertiary alicyclic amines) is 1. The molecule has 0 saturated carbocycles. The Kier molecular flexibility index (Phi) is 13.7. The van der Waals surface area contributed by atoms with Gasteiger partial charge in [-0.1, -0.05) is 61.8 Å². The number of rotatable bonds is 12. The molecule has 2 saturated heterocycles. The van der Waals surface area contributed by atoms with Gasteiger partial charge in [-0.15, -0.1) is 32.9 Å². The lowest BCUT2D eigenvalue weighted by molar-refractivity contribution is -0.142. The van der Waals surface area contributed by atoms with E-state index in [1.165, 1.54) is 9.78 Å². The third-order valence-corrected chi connectivity index (χ3v) is 16.6. The van der Waals surface area contributed by atoms with Crippen molar-refractivity contribution in [1.29, 1.82) is 0 Å². The van der Waals surface area contributed by atoms with Crippen LogP contribution in [0.15, 0.2) is 89.8 Å². The summed E-state index contributed by atoms with van der Waals surface area (Å²) < 4.78 is 3.73. The SMILES string of the molecule is Cc1ncsc1-c1ccc([C@H](C)NC(=O)[C@@H]2C[C@@H](O)CN2C(=O)C(C(C)C)n2cc(-c3ccc(N4CCN(C(=O)C[C@@H]5N=C(c6ccc(Cl)cc6)c6c(sc(C)c6C)-n6c(C)nnc65)CC4)nc3)cn2)cc1. The lowest BCUT2D eigenvalue weighted by Gasteiger charge is -2.35. The van der Waals surface area contributed by atoms with Crippen molar-refractivity contribution < 1.29 is 19.5 Å². The van der Waals surface area contributed by atoms with E-state index < -0.39 is 24.2 Å². The molecule has 8 heterocycles. The molecule has 2 fully saturated rings. The van der Waals surface area contributed by atoms with E-state index in [9.17, 15) is 19.5 Å². The minimum atomic E-state index is -0.831. The number of hydrogen-bond donors (Lipinski definition) is 2. The number of benzene rings is 2. The van der Waals surface area contributed by atoms with Crippen molar-refractivity contribution in [2.45, 2.75) is 91.6 Å². The van der Waals surface area contributed by atoms with Gasteiger partial charge < -0.3 is 25.1 Å². The van der Waals surface area contributed by atoms with E-state index in [1.54, 1.807) is 39.7 Å². The number of carbonyl (C=O) groups excluding carboxylic acids is 3. The number of aryl methyl sites for hydroxylation is 3. The van der Waals surface area contributed by atoms with Gasteiger partial charge in [-0.25, -0.2) is 9.97 Å². The summed E-state index contributed by atoms with van der Waals surface area (Å²) in [5.41, 5.74) is 10.3. The number of fused-ring (bicyclic) bond motifs is 3. The van der Waals surface area contributed by atoms with E-state index in [4.69, 9.17) is 21.6 Å². The zero-order valence-corrected chi connectivity index (χ0v) is 43.7. The predicted molar refractivity (Wildman–Crippen MR) is 281 cm³/mol. The van der Waals surface area contributed by atoms with Gasteiger partial charge in [-0.3, -0.25) is 28.6 Å². The van der Waals surface area contributed by atoms with E-state index >= 15 is 0 Å². The predicted octanol–water partition coefficient (Wildman–Crippen LogP) is 8.27. The summed E-state index contributed by atoms with van der Waals surface area (Å²) in [6.45, 7) is 16.3. The number of aromatic nitrogens is 7. The lowest BCUT2D eigenvalue weighted by atomic mass is 9.99. The Bertz CT molecular complexity index is 3170. The van der Waals surface area contributed by atoms with Crippen molar-refractivity contribution in [3.8, 4) is 26.6 Å². The number of aliphatic hydroxyl groups excluding tert-OH is 1. The largest absolute Gasteiger partial charge is 0.391 e. The highest BCUT2D eigenvalue weighted by molar-refractivity contribution is 7.15. The third-order valence-electron chi connectivity index (χ3n) is 14.2. The molecule has 2 aromatic carbocycles. The first-order valence-electron chi connectivity index (χ1n) is 24.3. The van der Waals surface area contributed by atoms with E-state index in [-0.39, 0.29) is 49.1 Å².